The van der Waals surface area contributed by atoms with E-state index < -0.39 is 0 Å². The number of hydrogen-bond acceptors (Lipinski definition) is 3. The maximum absolute atomic E-state index is 12.2. The average molecular weight is 311 g/mol. The molecule has 1 atom stereocenters. The lowest BCUT2D eigenvalue weighted by Gasteiger charge is -2.26. The van der Waals surface area contributed by atoms with Gasteiger partial charge in [-0.15, -0.1) is 0 Å². The van der Waals surface area contributed by atoms with Gasteiger partial charge in [0.2, 0.25) is 5.91 Å². The summed E-state index contributed by atoms with van der Waals surface area (Å²) in [6.45, 7) is 3.00. The van der Waals surface area contributed by atoms with E-state index in [1.165, 1.54) is 0 Å². The average Bonchev–Trinajstić information content (AvgIpc) is 2.57. The van der Waals surface area contributed by atoms with Crippen molar-refractivity contribution in [1.82, 2.24) is 5.32 Å². The largest absolute Gasteiger partial charge is 0.493 e. The molecule has 0 spiro atoms. The number of aryl methyl sites for hydroxylation is 1. The topological polar surface area (TPSA) is 47.6 Å². The van der Waals surface area contributed by atoms with E-state index in [0.717, 1.165) is 29.0 Å². The lowest BCUT2D eigenvalue weighted by Crippen LogP contribution is -2.32. The first-order chi connectivity index (χ1) is 11.2. The summed E-state index contributed by atoms with van der Waals surface area (Å²) in [4.78, 5) is 12.2. The first kappa shape index (κ1) is 15.4. The number of hydrogen-bond donors (Lipinski definition) is 1. The van der Waals surface area contributed by atoms with Crippen LogP contribution in [0.25, 0.3) is 0 Å². The number of nitrogens with one attached hydrogen (secondary N) is 1. The third kappa shape index (κ3) is 3.83. The predicted octanol–water partition coefficient (Wildman–Crippen LogP) is 3.40. The highest BCUT2D eigenvalue weighted by molar-refractivity contribution is 5.76. The summed E-state index contributed by atoms with van der Waals surface area (Å²) < 4.78 is 11.3. The number of carbonyl (C=O) groups excluding carboxylic acids is 1. The monoisotopic (exact) mass is 311 g/mol. The number of fused-ring (bicyclic) bond motifs is 1. The van der Waals surface area contributed by atoms with Gasteiger partial charge in [-0.05, 0) is 24.6 Å². The van der Waals surface area contributed by atoms with E-state index >= 15 is 0 Å². The molecule has 0 radical (unpaired) electrons. The molecule has 1 amide bonds. The standard InChI is InChI=1S/C19H21NO3/c1-14-6-2-4-8-17(14)22-13-11-19(21)20-16-10-12-23-18-9-5-3-7-15(16)18/h2-9,16H,10-13H2,1H3,(H,20,21). The van der Waals surface area contributed by atoms with E-state index in [2.05, 4.69) is 5.32 Å². The minimum absolute atomic E-state index is 0.000266. The number of benzene rings is 2. The van der Waals surface area contributed by atoms with Gasteiger partial charge in [0.25, 0.3) is 0 Å². The van der Waals surface area contributed by atoms with Crippen LogP contribution in [-0.4, -0.2) is 19.1 Å². The van der Waals surface area contributed by atoms with E-state index in [4.69, 9.17) is 9.47 Å². The fourth-order valence-corrected chi connectivity index (χ4v) is 2.73. The van der Waals surface area contributed by atoms with Gasteiger partial charge in [-0.1, -0.05) is 36.4 Å². The molecule has 4 nitrogen and oxygen atoms in total. The third-order valence-corrected chi connectivity index (χ3v) is 3.97. The molecule has 1 unspecified atom stereocenters. The van der Waals surface area contributed by atoms with Crippen LogP contribution in [0.1, 0.15) is 30.0 Å². The van der Waals surface area contributed by atoms with Gasteiger partial charge in [0.05, 0.1) is 25.7 Å². The second-order valence-corrected chi connectivity index (χ2v) is 5.66. The zero-order chi connectivity index (χ0) is 16.1. The number of amides is 1. The van der Waals surface area contributed by atoms with Gasteiger partial charge in [-0.2, -0.15) is 0 Å². The van der Waals surface area contributed by atoms with E-state index in [1.54, 1.807) is 0 Å². The zero-order valence-electron chi connectivity index (χ0n) is 13.2. The summed E-state index contributed by atoms with van der Waals surface area (Å²) in [5.74, 6) is 1.69. The molecule has 0 bridgehead atoms. The Morgan fingerprint density at radius 3 is 2.87 bits per heavy atom. The van der Waals surface area contributed by atoms with Crippen LogP contribution in [0.15, 0.2) is 48.5 Å². The van der Waals surface area contributed by atoms with Gasteiger partial charge in [-0.3, -0.25) is 4.79 Å². The molecule has 0 fully saturated rings. The van der Waals surface area contributed by atoms with Crippen LogP contribution >= 0.6 is 0 Å². The van der Waals surface area contributed by atoms with E-state index in [-0.39, 0.29) is 11.9 Å². The molecule has 3 rings (SSSR count). The summed E-state index contributed by atoms with van der Waals surface area (Å²) in [5, 5.41) is 3.08. The fraction of sp³-hybridized carbons (Fsp3) is 0.316. The van der Waals surface area contributed by atoms with Crippen molar-refractivity contribution in [1.29, 1.82) is 0 Å². The number of carbonyl (C=O) groups is 1. The Morgan fingerprint density at radius 1 is 1.22 bits per heavy atom. The lowest BCUT2D eigenvalue weighted by atomic mass is 10.0. The summed E-state index contributed by atoms with van der Waals surface area (Å²) in [7, 11) is 0. The van der Waals surface area contributed by atoms with Crippen molar-refractivity contribution in [3.63, 3.8) is 0 Å². The molecule has 0 saturated heterocycles. The van der Waals surface area contributed by atoms with Gasteiger partial charge < -0.3 is 14.8 Å². The summed E-state index contributed by atoms with van der Waals surface area (Å²) in [5.41, 5.74) is 2.12. The fourth-order valence-electron chi connectivity index (χ4n) is 2.73. The van der Waals surface area contributed by atoms with Gasteiger partial charge in [0, 0.05) is 12.0 Å². The predicted molar refractivity (Wildman–Crippen MR) is 88.7 cm³/mol. The Bertz CT molecular complexity index is 684. The van der Waals surface area contributed by atoms with Gasteiger partial charge >= 0.3 is 0 Å². The van der Waals surface area contributed by atoms with Crippen LogP contribution in [0.5, 0.6) is 11.5 Å². The Balaban J connectivity index is 1.52. The molecule has 2 aromatic carbocycles. The quantitative estimate of drug-likeness (QED) is 0.920. The number of para-hydroxylation sites is 2. The highest BCUT2D eigenvalue weighted by atomic mass is 16.5. The molecule has 120 valence electrons. The molecular weight excluding hydrogens is 290 g/mol. The molecule has 0 saturated carbocycles. The van der Waals surface area contributed by atoms with E-state index in [9.17, 15) is 4.79 Å². The Morgan fingerprint density at radius 2 is 2.00 bits per heavy atom. The van der Waals surface area contributed by atoms with Crippen LogP contribution in [0, 0.1) is 6.92 Å². The van der Waals surface area contributed by atoms with Crippen molar-refractivity contribution in [3.8, 4) is 11.5 Å². The van der Waals surface area contributed by atoms with Crippen LogP contribution in [0.4, 0.5) is 0 Å². The van der Waals surface area contributed by atoms with Gasteiger partial charge in [0.1, 0.15) is 11.5 Å². The van der Waals surface area contributed by atoms with Crippen LogP contribution < -0.4 is 14.8 Å². The summed E-state index contributed by atoms with van der Waals surface area (Å²) in [6.07, 6.45) is 1.13. The van der Waals surface area contributed by atoms with Crippen molar-refractivity contribution in [3.05, 3.63) is 59.7 Å². The molecule has 0 aliphatic carbocycles. The van der Waals surface area contributed by atoms with Gasteiger partial charge in [-0.25, -0.2) is 0 Å². The maximum atomic E-state index is 12.2. The van der Waals surface area contributed by atoms with Crippen molar-refractivity contribution in [2.75, 3.05) is 13.2 Å². The van der Waals surface area contributed by atoms with E-state index in [1.807, 2.05) is 55.5 Å². The second kappa shape index (κ2) is 7.18. The van der Waals surface area contributed by atoms with Crippen LogP contribution in [0.3, 0.4) is 0 Å². The Kier molecular flexibility index (Phi) is 4.81. The molecule has 23 heavy (non-hydrogen) atoms. The second-order valence-electron chi connectivity index (χ2n) is 5.66. The van der Waals surface area contributed by atoms with Crippen LogP contribution in [0.2, 0.25) is 0 Å². The van der Waals surface area contributed by atoms with E-state index in [0.29, 0.717) is 19.6 Å². The van der Waals surface area contributed by atoms with Crippen molar-refractivity contribution in [2.24, 2.45) is 0 Å². The van der Waals surface area contributed by atoms with Gasteiger partial charge in [0.15, 0.2) is 0 Å². The molecular formula is C19H21NO3. The lowest BCUT2D eigenvalue weighted by molar-refractivity contribution is -0.122. The molecule has 0 aromatic heterocycles. The maximum Gasteiger partial charge on any atom is 0.223 e. The van der Waals surface area contributed by atoms with Crippen molar-refractivity contribution >= 4 is 5.91 Å². The highest BCUT2D eigenvalue weighted by Crippen LogP contribution is 2.31. The minimum Gasteiger partial charge on any atom is -0.493 e. The van der Waals surface area contributed by atoms with Crippen LogP contribution in [-0.2, 0) is 4.79 Å². The van der Waals surface area contributed by atoms with Crippen molar-refractivity contribution < 1.29 is 14.3 Å². The first-order valence-corrected chi connectivity index (χ1v) is 7.93. The molecule has 1 heterocycles. The highest BCUT2D eigenvalue weighted by Gasteiger charge is 2.22. The first-order valence-electron chi connectivity index (χ1n) is 7.93. The molecule has 1 aliphatic heterocycles. The Labute approximate surface area is 136 Å². The summed E-state index contributed by atoms with van der Waals surface area (Å²) in [6, 6.07) is 15.7. The minimum atomic E-state index is 0.000266. The number of rotatable bonds is 5. The summed E-state index contributed by atoms with van der Waals surface area (Å²) >= 11 is 0. The normalized spacial score (nSPS) is 16.1. The zero-order valence-corrected chi connectivity index (χ0v) is 13.2. The third-order valence-electron chi connectivity index (χ3n) is 3.97. The van der Waals surface area contributed by atoms with Crippen molar-refractivity contribution in [2.45, 2.75) is 25.8 Å². The Hall–Kier alpha value is -2.49. The SMILES string of the molecule is Cc1ccccc1OCCC(=O)NC1CCOc2ccccc21. The molecule has 2 aromatic rings. The molecule has 1 N–H and O–H groups in total. The molecule has 4 heteroatoms. The molecule has 1 aliphatic rings. The number of ether oxygens (including phenoxy) is 2. The smallest absolute Gasteiger partial charge is 0.223 e.